The third kappa shape index (κ3) is 3.01. The number of imide groups is 1. The Kier molecular flexibility index (Phi) is 4.55. The van der Waals surface area contributed by atoms with E-state index in [-0.39, 0.29) is 53.2 Å². The van der Waals surface area contributed by atoms with Gasteiger partial charge in [-0.05, 0) is 67.9 Å². The summed E-state index contributed by atoms with van der Waals surface area (Å²) >= 11 is 0. The fourth-order valence-electron chi connectivity index (χ4n) is 6.92. The Hall–Kier alpha value is -2.96. The van der Waals surface area contributed by atoms with Crippen LogP contribution in [0.5, 0.6) is 0 Å². The second kappa shape index (κ2) is 7.27. The molecule has 6 aliphatic rings. The standard InChI is InChI=1S/C26H29N3O4/c1-13-4-3-5-14(2)20(13)24(31)28-10-8-15(9-11-28)23(30)27-29-25(32)21-16-6-7-17(19-12-18(16)19)22(21)26(29)33/h3-7,15-19,21-22H,8-12H2,1-2H3,(H,27,30)/t16-,17+,18?,19?,21-,22+. The maximum atomic E-state index is 13.1. The predicted octanol–water partition coefficient (Wildman–Crippen LogP) is 2.24. The van der Waals surface area contributed by atoms with Crippen LogP contribution >= 0.6 is 0 Å². The molecule has 4 aliphatic carbocycles. The van der Waals surface area contributed by atoms with Crippen molar-refractivity contribution in [3.05, 3.63) is 47.0 Å². The molecule has 0 aromatic heterocycles. The highest BCUT2D eigenvalue weighted by Gasteiger charge is 2.67. The monoisotopic (exact) mass is 447 g/mol. The van der Waals surface area contributed by atoms with Gasteiger partial charge in [0.1, 0.15) is 0 Å². The van der Waals surface area contributed by atoms with E-state index in [4.69, 9.17) is 0 Å². The number of rotatable bonds is 3. The number of nitrogens with zero attached hydrogens (tertiary/aromatic N) is 2. The van der Waals surface area contributed by atoms with Crippen LogP contribution in [0, 0.1) is 55.3 Å². The average Bonchev–Trinajstić information content (AvgIpc) is 3.60. The molecule has 2 unspecified atom stereocenters. The van der Waals surface area contributed by atoms with Crippen molar-refractivity contribution < 1.29 is 19.2 Å². The Labute approximate surface area is 193 Å². The fourth-order valence-corrected chi connectivity index (χ4v) is 6.92. The van der Waals surface area contributed by atoms with Crippen LogP contribution in [0.15, 0.2) is 30.4 Å². The molecule has 172 valence electrons. The summed E-state index contributed by atoms with van der Waals surface area (Å²) in [5, 5.41) is 1.02. The molecule has 0 radical (unpaired) electrons. The smallest absolute Gasteiger partial charge is 0.254 e. The van der Waals surface area contributed by atoms with E-state index in [1.54, 1.807) is 4.90 Å². The Bertz CT molecular complexity index is 1050. The van der Waals surface area contributed by atoms with Crippen molar-refractivity contribution in [1.29, 1.82) is 0 Å². The SMILES string of the molecule is Cc1cccc(C)c1C(=O)N1CCC(C(=O)NN2C(=O)[C@@H]3[C@H](C2=O)[C@@H]2C=C[C@H]3C3CC32)CC1. The van der Waals surface area contributed by atoms with Crippen LogP contribution in [-0.4, -0.2) is 46.6 Å². The van der Waals surface area contributed by atoms with Gasteiger partial charge in [0.25, 0.3) is 17.7 Å². The van der Waals surface area contributed by atoms with Gasteiger partial charge in [-0.1, -0.05) is 30.4 Å². The second-order valence-corrected chi connectivity index (χ2v) is 10.5. The molecule has 7 heteroatoms. The molecule has 2 saturated carbocycles. The molecule has 7 nitrogen and oxygen atoms in total. The van der Waals surface area contributed by atoms with Crippen LogP contribution < -0.4 is 5.43 Å². The number of hydrogen-bond acceptors (Lipinski definition) is 4. The van der Waals surface area contributed by atoms with E-state index in [0.717, 1.165) is 28.1 Å². The maximum absolute atomic E-state index is 13.1. The molecule has 2 aliphatic heterocycles. The number of carbonyl (C=O) groups is 4. The summed E-state index contributed by atoms with van der Waals surface area (Å²) in [5.41, 5.74) is 5.30. The van der Waals surface area contributed by atoms with Gasteiger partial charge in [0.15, 0.2) is 0 Å². The van der Waals surface area contributed by atoms with E-state index >= 15 is 0 Å². The van der Waals surface area contributed by atoms with Crippen LogP contribution in [0.4, 0.5) is 0 Å². The van der Waals surface area contributed by atoms with Crippen molar-refractivity contribution in [1.82, 2.24) is 15.3 Å². The van der Waals surface area contributed by atoms with E-state index in [0.29, 0.717) is 37.8 Å². The Morgan fingerprint density at radius 2 is 1.45 bits per heavy atom. The second-order valence-electron chi connectivity index (χ2n) is 10.5. The molecule has 33 heavy (non-hydrogen) atoms. The number of hydrogen-bond donors (Lipinski definition) is 1. The first-order chi connectivity index (χ1) is 15.9. The van der Waals surface area contributed by atoms with Gasteiger partial charge >= 0.3 is 0 Å². The topological polar surface area (TPSA) is 86.8 Å². The highest BCUT2D eigenvalue weighted by atomic mass is 16.2. The lowest BCUT2D eigenvalue weighted by molar-refractivity contribution is -0.151. The minimum Gasteiger partial charge on any atom is -0.339 e. The highest BCUT2D eigenvalue weighted by molar-refractivity contribution is 6.07. The molecule has 2 heterocycles. The van der Waals surface area contributed by atoms with Gasteiger partial charge in [-0.3, -0.25) is 24.6 Å². The van der Waals surface area contributed by atoms with Crippen LogP contribution in [0.25, 0.3) is 0 Å². The number of carbonyl (C=O) groups excluding carboxylic acids is 4. The zero-order valence-electron chi connectivity index (χ0n) is 19.0. The van der Waals surface area contributed by atoms with Gasteiger partial charge in [-0.15, -0.1) is 0 Å². The number of allylic oxidation sites excluding steroid dienone is 2. The number of benzene rings is 1. The molecule has 4 amide bonds. The summed E-state index contributed by atoms with van der Waals surface area (Å²) in [4.78, 5) is 54.0. The van der Waals surface area contributed by atoms with Gasteiger partial charge in [0.2, 0.25) is 5.91 Å². The lowest BCUT2D eigenvalue weighted by Crippen LogP contribution is -2.51. The van der Waals surface area contributed by atoms with E-state index in [1.165, 1.54) is 0 Å². The number of hydrazine groups is 1. The van der Waals surface area contributed by atoms with Crippen LogP contribution in [-0.2, 0) is 14.4 Å². The Morgan fingerprint density at radius 1 is 0.909 bits per heavy atom. The first-order valence-electron chi connectivity index (χ1n) is 12.1. The minimum absolute atomic E-state index is 0.0000258. The third-order valence-electron chi connectivity index (χ3n) is 8.73. The van der Waals surface area contributed by atoms with Gasteiger partial charge in [0, 0.05) is 24.6 Å². The van der Waals surface area contributed by atoms with E-state index in [1.807, 2.05) is 32.0 Å². The number of nitrogens with one attached hydrogen (secondary N) is 1. The van der Waals surface area contributed by atoms with Crippen molar-refractivity contribution in [3.63, 3.8) is 0 Å². The Balaban J connectivity index is 1.09. The molecular formula is C26H29N3O4. The summed E-state index contributed by atoms with van der Waals surface area (Å²) in [6.07, 6.45) is 6.39. The van der Waals surface area contributed by atoms with E-state index in [2.05, 4.69) is 17.6 Å². The molecule has 0 spiro atoms. The first-order valence-corrected chi connectivity index (χ1v) is 12.1. The molecular weight excluding hydrogens is 418 g/mol. The number of amides is 4. The summed E-state index contributed by atoms with van der Waals surface area (Å²) in [6, 6.07) is 5.82. The molecule has 7 rings (SSSR count). The summed E-state index contributed by atoms with van der Waals surface area (Å²) in [5.74, 6) is -0.374. The lowest BCUT2D eigenvalue weighted by Gasteiger charge is -2.37. The maximum Gasteiger partial charge on any atom is 0.254 e. The zero-order valence-corrected chi connectivity index (χ0v) is 19.0. The molecule has 6 atom stereocenters. The minimum atomic E-state index is -0.321. The molecule has 1 aromatic carbocycles. The van der Waals surface area contributed by atoms with Crippen molar-refractivity contribution >= 4 is 23.6 Å². The summed E-state index contributed by atoms with van der Waals surface area (Å²) in [7, 11) is 0. The first kappa shape index (κ1) is 20.6. The van der Waals surface area contributed by atoms with Gasteiger partial charge in [-0.25, -0.2) is 0 Å². The number of aryl methyl sites for hydroxylation is 2. The van der Waals surface area contributed by atoms with Gasteiger partial charge in [-0.2, -0.15) is 5.01 Å². The molecule has 1 N–H and O–H groups in total. The molecule has 2 saturated heterocycles. The van der Waals surface area contributed by atoms with Crippen molar-refractivity contribution in [3.8, 4) is 0 Å². The normalized spacial score (nSPS) is 34.4. The zero-order chi connectivity index (χ0) is 23.0. The molecule has 4 fully saturated rings. The lowest BCUT2D eigenvalue weighted by atomic mass is 9.63. The van der Waals surface area contributed by atoms with Gasteiger partial charge in [0.05, 0.1) is 11.8 Å². The number of piperidine rings is 1. The highest BCUT2D eigenvalue weighted by Crippen LogP contribution is 2.65. The fraction of sp³-hybridized carbons (Fsp3) is 0.538. The van der Waals surface area contributed by atoms with Crippen molar-refractivity contribution in [2.75, 3.05) is 13.1 Å². The average molecular weight is 448 g/mol. The summed E-state index contributed by atoms with van der Waals surface area (Å²) < 4.78 is 0. The Morgan fingerprint density at radius 3 is 2.00 bits per heavy atom. The van der Waals surface area contributed by atoms with E-state index in [9.17, 15) is 19.2 Å². The summed E-state index contributed by atoms with van der Waals surface area (Å²) in [6.45, 7) is 4.84. The van der Waals surface area contributed by atoms with Gasteiger partial charge < -0.3 is 4.90 Å². The van der Waals surface area contributed by atoms with Crippen molar-refractivity contribution in [2.45, 2.75) is 33.1 Å². The largest absolute Gasteiger partial charge is 0.339 e. The van der Waals surface area contributed by atoms with Crippen molar-refractivity contribution in [2.24, 2.45) is 41.4 Å². The quantitative estimate of drug-likeness (QED) is 0.569. The predicted molar refractivity (Wildman–Crippen MR) is 119 cm³/mol. The third-order valence-corrected chi connectivity index (χ3v) is 8.73. The number of likely N-dealkylation sites (tertiary alicyclic amines) is 1. The van der Waals surface area contributed by atoms with E-state index < -0.39 is 0 Å². The molecule has 2 bridgehead atoms. The van der Waals surface area contributed by atoms with Crippen LogP contribution in [0.3, 0.4) is 0 Å². The molecule has 1 aromatic rings. The van der Waals surface area contributed by atoms with Crippen LogP contribution in [0.2, 0.25) is 0 Å². The van der Waals surface area contributed by atoms with Crippen LogP contribution in [0.1, 0.15) is 40.7 Å².